The van der Waals surface area contributed by atoms with Gasteiger partial charge in [0.05, 0.1) is 11.1 Å². The summed E-state index contributed by atoms with van der Waals surface area (Å²) in [7, 11) is -4.12. The molecule has 2 aromatic rings. The number of nitrogens with zero attached hydrogens (tertiary/aromatic N) is 1. The van der Waals surface area contributed by atoms with Gasteiger partial charge in [0.1, 0.15) is 4.90 Å². The molecule has 0 amide bonds. The molecule has 0 fully saturated rings. The number of ether oxygens (including phenoxy) is 1. The quantitative estimate of drug-likeness (QED) is 0.358. The Bertz CT molecular complexity index is 1420. The van der Waals surface area contributed by atoms with E-state index in [2.05, 4.69) is 27.8 Å². The van der Waals surface area contributed by atoms with E-state index >= 15 is 0 Å². The lowest BCUT2D eigenvalue weighted by atomic mass is 9.71. The zero-order valence-corrected chi connectivity index (χ0v) is 23.9. The number of hydrogen-bond donors (Lipinski definition) is 0. The maximum Gasteiger partial charge on any atom is 0.339 e. The van der Waals surface area contributed by atoms with Crippen molar-refractivity contribution < 1.29 is 26.9 Å². The standard InChI is InChI=1S/C29H30BrNO6S/c1-3-31-21-12-8-14-23(32)27(21)26(28-22(31)13-9-15-24(28)33)18-16-20(30)29(25(17-18)36-4-2)37-38(34,35)19-10-6-5-7-11-19/h5-7,10-11,16-17,26H,3-4,8-9,12-15H2,1-2H3. The topological polar surface area (TPSA) is 90.0 Å². The molecule has 3 aliphatic rings. The maximum atomic E-state index is 13.4. The SMILES string of the molecule is CCOc1cc(C2C3=C(CCCC3=O)N(CC)C3=C2C(=O)CCC3)cc(Br)c1OS(=O)(=O)c1ccccc1. The van der Waals surface area contributed by atoms with Crippen molar-refractivity contribution >= 4 is 37.6 Å². The van der Waals surface area contributed by atoms with Gasteiger partial charge in [-0.2, -0.15) is 8.42 Å². The second-order valence-electron chi connectivity index (χ2n) is 9.56. The number of rotatable bonds is 7. The second-order valence-corrected chi connectivity index (χ2v) is 12.0. The molecule has 7 nitrogen and oxygen atoms in total. The molecule has 1 heterocycles. The average molecular weight is 601 g/mol. The van der Waals surface area contributed by atoms with E-state index in [0.29, 0.717) is 40.6 Å². The summed E-state index contributed by atoms with van der Waals surface area (Å²) in [5.74, 6) is -0.163. The molecule has 0 aromatic heterocycles. The van der Waals surface area contributed by atoms with Gasteiger partial charge in [-0.3, -0.25) is 9.59 Å². The summed E-state index contributed by atoms with van der Waals surface area (Å²) < 4.78 is 37.8. The Morgan fingerprint density at radius 1 is 0.921 bits per heavy atom. The van der Waals surface area contributed by atoms with Gasteiger partial charge in [0.2, 0.25) is 0 Å². The number of Topliss-reactive ketones (excluding diaryl/α,β-unsaturated/α-hetero) is 2. The predicted molar refractivity (Wildman–Crippen MR) is 146 cm³/mol. The minimum atomic E-state index is -4.12. The summed E-state index contributed by atoms with van der Waals surface area (Å²) in [5.41, 5.74) is 4.05. The fourth-order valence-corrected chi connectivity index (χ4v) is 7.40. The van der Waals surface area contributed by atoms with E-state index in [4.69, 9.17) is 8.92 Å². The van der Waals surface area contributed by atoms with Crippen LogP contribution in [0.3, 0.4) is 0 Å². The predicted octanol–water partition coefficient (Wildman–Crippen LogP) is 6.05. The Balaban J connectivity index is 1.67. The molecule has 0 spiro atoms. The van der Waals surface area contributed by atoms with Crippen LogP contribution >= 0.6 is 15.9 Å². The smallest absolute Gasteiger partial charge is 0.339 e. The van der Waals surface area contributed by atoms with Gasteiger partial charge in [-0.25, -0.2) is 0 Å². The van der Waals surface area contributed by atoms with Crippen LogP contribution in [0.4, 0.5) is 0 Å². The third kappa shape index (κ3) is 4.71. The molecule has 200 valence electrons. The Morgan fingerprint density at radius 3 is 2.08 bits per heavy atom. The summed E-state index contributed by atoms with van der Waals surface area (Å²) in [6.07, 6.45) is 4.03. The average Bonchev–Trinajstić information content (AvgIpc) is 2.90. The van der Waals surface area contributed by atoms with Crippen LogP contribution in [-0.4, -0.2) is 38.0 Å². The van der Waals surface area contributed by atoms with Crippen molar-refractivity contribution in [2.75, 3.05) is 13.2 Å². The molecule has 0 radical (unpaired) electrons. The lowest BCUT2D eigenvalue weighted by molar-refractivity contribution is -0.117. The number of hydrogen-bond acceptors (Lipinski definition) is 7. The summed E-state index contributed by atoms with van der Waals surface area (Å²) in [6, 6.07) is 11.4. The largest absolute Gasteiger partial charge is 0.490 e. The third-order valence-electron chi connectivity index (χ3n) is 7.29. The van der Waals surface area contributed by atoms with Gasteiger partial charge >= 0.3 is 10.1 Å². The van der Waals surface area contributed by atoms with E-state index < -0.39 is 16.0 Å². The van der Waals surface area contributed by atoms with Crippen LogP contribution < -0.4 is 8.92 Å². The van der Waals surface area contributed by atoms with Gasteiger partial charge in [-0.15, -0.1) is 0 Å². The van der Waals surface area contributed by atoms with Crippen LogP contribution in [0.2, 0.25) is 0 Å². The molecule has 2 aromatic carbocycles. The van der Waals surface area contributed by atoms with E-state index in [-0.39, 0.29) is 34.6 Å². The Morgan fingerprint density at radius 2 is 1.53 bits per heavy atom. The third-order valence-corrected chi connectivity index (χ3v) is 9.12. The van der Waals surface area contributed by atoms with Crippen LogP contribution in [-0.2, 0) is 19.7 Å². The number of carbonyl (C=O) groups excluding carboxylic acids is 2. The first-order valence-electron chi connectivity index (χ1n) is 13.0. The lowest BCUT2D eigenvalue weighted by Gasteiger charge is -2.43. The first-order valence-corrected chi connectivity index (χ1v) is 15.2. The summed E-state index contributed by atoms with van der Waals surface area (Å²) >= 11 is 3.51. The lowest BCUT2D eigenvalue weighted by Crippen LogP contribution is -2.39. The highest BCUT2D eigenvalue weighted by atomic mass is 79.9. The highest BCUT2D eigenvalue weighted by Crippen LogP contribution is 2.51. The van der Waals surface area contributed by atoms with Crippen molar-refractivity contribution in [2.45, 2.75) is 63.2 Å². The molecule has 0 atom stereocenters. The second kappa shape index (κ2) is 10.7. The molecule has 0 saturated carbocycles. The monoisotopic (exact) mass is 599 g/mol. The molecular weight excluding hydrogens is 570 g/mol. The van der Waals surface area contributed by atoms with Crippen molar-refractivity contribution in [3.8, 4) is 11.5 Å². The number of halogens is 1. The molecule has 0 saturated heterocycles. The summed E-state index contributed by atoms with van der Waals surface area (Å²) in [6.45, 7) is 4.82. The first kappa shape index (κ1) is 26.7. The number of ketones is 2. The van der Waals surface area contributed by atoms with Crippen molar-refractivity contribution in [1.29, 1.82) is 0 Å². The van der Waals surface area contributed by atoms with E-state index in [1.54, 1.807) is 37.3 Å². The molecule has 2 aliphatic carbocycles. The van der Waals surface area contributed by atoms with Crippen LogP contribution in [0.5, 0.6) is 11.5 Å². The molecular formula is C29H30BrNO6S. The highest BCUT2D eigenvalue weighted by molar-refractivity contribution is 9.10. The van der Waals surface area contributed by atoms with Gasteiger partial charge in [0.25, 0.3) is 0 Å². The zero-order valence-electron chi connectivity index (χ0n) is 21.5. The number of benzene rings is 2. The van der Waals surface area contributed by atoms with E-state index in [1.165, 1.54) is 12.1 Å². The van der Waals surface area contributed by atoms with Crippen molar-refractivity contribution in [1.82, 2.24) is 4.90 Å². The molecule has 1 aliphatic heterocycles. The number of allylic oxidation sites excluding steroid dienone is 4. The highest BCUT2D eigenvalue weighted by Gasteiger charge is 2.43. The van der Waals surface area contributed by atoms with Crippen LogP contribution in [0, 0.1) is 0 Å². The van der Waals surface area contributed by atoms with Crippen LogP contribution in [0.1, 0.15) is 63.9 Å². The van der Waals surface area contributed by atoms with Crippen LogP contribution in [0.15, 0.2) is 74.4 Å². The minimum Gasteiger partial charge on any atom is -0.490 e. The Hall–Kier alpha value is -2.91. The van der Waals surface area contributed by atoms with E-state index in [9.17, 15) is 18.0 Å². The summed E-state index contributed by atoms with van der Waals surface area (Å²) in [4.78, 5) is 29.0. The number of carbonyl (C=O) groups is 2. The van der Waals surface area contributed by atoms with Gasteiger partial charge in [0, 0.05) is 47.8 Å². The molecule has 9 heteroatoms. The summed E-state index contributed by atoms with van der Waals surface area (Å²) in [5, 5.41) is 0. The molecule has 38 heavy (non-hydrogen) atoms. The zero-order chi connectivity index (χ0) is 27.0. The fraction of sp³-hybridized carbons (Fsp3) is 0.379. The normalized spacial score (nSPS) is 18.4. The van der Waals surface area contributed by atoms with Gasteiger partial charge < -0.3 is 13.8 Å². The minimum absolute atomic E-state index is 0.0237. The molecule has 0 unspecified atom stereocenters. The first-order chi connectivity index (χ1) is 18.3. The maximum absolute atomic E-state index is 13.4. The molecule has 0 bridgehead atoms. The Kier molecular flexibility index (Phi) is 7.51. The van der Waals surface area contributed by atoms with Crippen LogP contribution in [0.25, 0.3) is 0 Å². The van der Waals surface area contributed by atoms with Crippen molar-refractivity contribution in [3.05, 3.63) is 75.0 Å². The van der Waals surface area contributed by atoms with Gasteiger partial charge in [-0.1, -0.05) is 18.2 Å². The van der Waals surface area contributed by atoms with E-state index in [1.807, 2.05) is 0 Å². The fourth-order valence-electron chi connectivity index (χ4n) is 5.77. The van der Waals surface area contributed by atoms with Crippen molar-refractivity contribution in [3.63, 3.8) is 0 Å². The van der Waals surface area contributed by atoms with Gasteiger partial charge in [0.15, 0.2) is 23.1 Å². The van der Waals surface area contributed by atoms with E-state index in [0.717, 1.165) is 37.1 Å². The molecule has 0 N–H and O–H groups in total. The van der Waals surface area contributed by atoms with Gasteiger partial charge in [-0.05, 0) is 85.3 Å². The van der Waals surface area contributed by atoms with Crippen molar-refractivity contribution in [2.24, 2.45) is 0 Å². The Labute approximate surface area is 231 Å². The molecule has 5 rings (SSSR count).